The molecule has 0 aliphatic carbocycles. The van der Waals surface area contributed by atoms with Crippen molar-refractivity contribution in [2.45, 2.75) is 58.2 Å². The second-order valence-electron chi connectivity index (χ2n) is 8.06. The molecule has 1 fully saturated rings. The fourth-order valence-electron chi connectivity index (χ4n) is 3.95. The second kappa shape index (κ2) is 10.4. The molecular formula is C25H33NO3. The lowest BCUT2D eigenvalue weighted by Gasteiger charge is -2.32. The first-order valence-electron chi connectivity index (χ1n) is 10.8. The molecule has 0 spiro atoms. The Labute approximate surface area is 174 Å². The monoisotopic (exact) mass is 395 g/mol. The number of amides is 1. The van der Waals surface area contributed by atoms with E-state index < -0.39 is 6.10 Å². The van der Waals surface area contributed by atoms with E-state index in [2.05, 4.69) is 37.4 Å². The highest BCUT2D eigenvalue weighted by Crippen LogP contribution is 2.33. The Kier molecular flexibility index (Phi) is 7.70. The Hall–Kier alpha value is -2.33. The number of para-hydroxylation sites is 1. The number of nitrogens with one attached hydrogen (secondary N) is 1. The minimum Gasteiger partial charge on any atom is -0.480 e. The van der Waals surface area contributed by atoms with Crippen LogP contribution in [0.4, 0.5) is 0 Å². The Bertz CT molecular complexity index is 775. The number of ether oxygens (including phenoxy) is 2. The number of benzene rings is 2. The van der Waals surface area contributed by atoms with Crippen LogP contribution in [0.3, 0.4) is 0 Å². The summed E-state index contributed by atoms with van der Waals surface area (Å²) in [5.74, 6) is 1.37. The molecule has 1 saturated heterocycles. The van der Waals surface area contributed by atoms with Gasteiger partial charge in [-0.15, -0.1) is 0 Å². The van der Waals surface area contributed by atoms with E-state index in [0.29, 0.717) is 18.9 Å². The molecule has 3 unspecified atom stereocenters. The Morgan fingerprint density at radius 1 is 1.14 bits per heavy atom. The summed E-state index contributed by atoms with van der Waals surface area (Å²) in [5, 5.41) is 3.13. The maximum absolute atomic E-state index is 12.9. The molecule has 1 aliphatic heterocycles. The predicted molar refractivity (Wildman–Crippen MR) is 116 cm³/mol. The van der Waals surface area contributed by atoms with Crippen molar-refractivity contribution in [2.75, 3.05) is 13.2 Å². The van der Waals surface area contributed by atoms with Gasteiger partial charge >= 0.3 is 0 Å². The van der Waals surface area contributed by atoms with Gasteiger partial charge in [-0.2, -0.15) is 0 Å². The Balaban J connectivity index is 1.62. The largest absolute Gasteiger partial charge is 0.480 e. The van der Waals surface area contributed by atoms with E-state index in [1.54, 1.807) is 0 Å². The molecule has 0 aromatic heterocycles. The van der Waals surface area contributed by atoms with Gasteiger partial charge in [-0.25, -0.2) is 0 Å². The molecule has 4 heteroatoms. The molecule has 0 bridgehead atoms. The van der Waals surface area contributed by atoms with Gasteiger partial charge in [0.1, 0.15) is 5.75 Å². The van der Waals surface area contributed by atoms with Crippen LogP contribution in [-0.4, -0.2) is 25.2 Å². The van der Waals surface area contributed by atoms with E-state index >= 15 is 0 Å². The SMILES string of the molecule is CCC(Oc1ccccc1C(C)C)C(=O)NCC1CCCOC1c1ccccc1. The molecular weight excluding hydrogens is 362 g/mol. The maximum atomic E-state index is 12.9. The lowest BCUT2D eigenvalue weighted by atomic mass is 9.89. The highest BCUT2D eigenvalue weighted by molar-refractivity contribution is 5.81. The van der Waals surface area contributed by atoms with Crippen LogP contribution < -0.4 is 10.1 Å². The third kappa shape index (κ3) is 5.60. The average molecular weight is 396 g/mol. The first kappa shape index (κ1) is 21.4. The molecule has 0 saturated carbocycles. The zero-order valence-electron chi connectivity index (χ0n) is 17.8. The molecule has 1 amide bonds. The molecule has 29 heavy (non-hydrogen) atoms. The standard InChI is InChI=1S/C25H33NO3/c1-4-22(29-23-15-9-8-14-21(23)18(2)3)25(27)26-17-20-13-10-16-28-24(20)19-11-6-5-7-12-19/h5-9,11-12,14-15,18,20,22,24H,4,10,13,16-17H2,1-3H3,(H,26,27). The third-order valence-electron chi connectivity index (χ3n) is 5.58. The molecule has 3 atom stereocenters. The predicted octanol–water partition coefficient (Wildman–Crippen LogP) is 5.25. The third-order valence-corrected chi connectivity index (χ3v) is 5.58. The molecule has 2 aromatic carbocycles. The number of hydrogen-bond acceptors (Lipinski definition) is 3. The summed E-state index contributed by atoms with van der Waals surface area (Å²) < 4.78 is 12.2. The van der Waals surface area contributed by atoms with Crippen LogP contribution in [0.25, 0.3) is 0 Å². The molecule has 1 aliphatic rings. The molecule has 0 radical (unpaired) electrons. The zero-order valence-corrected chi connectivity index (χ0v) is 17.8. The summed E-state index contributed by atoms with van der Waals surface area (Å²) in [6, 6.07) is 18.3. The lowest BCUT2D eigenvalue weighted by Crippen LogP contribution is -2.42. The summed E-state index contributed by atoms with van der Waals surface area (Å²) in [6.45, 7) is 7.63. The van der Waals surface area contributed by atoms with Gasteiger partial charge in [-0.05, 0) is 42.4 Å². The number of carbonyl (C=O) groups is 1. The minimum absolute atomic E-state index is 0.0351. The highest BCUT2D eigenvalue weighted by Gasteiger charge is 2.29. The van der Waals surface area contributed by atoms with Crippen molar-refractivity contribution in [2.24, 2.45) is 5.92 Å². The van der Waals surface area contributed by atoms with Crippen molar-refractivity contribution >= 4 is 5.91 Å². The fraction of sp³-hybridized carbons (Fsp3) is 0.480. The Morgan fingerprint density at radius 2 is 1.86 bits per heavy atom. The van der Waals surface area contributed by atoms with Gasteiger partial charge in [0, 0.05) is 19.1 Å². The Morgan fingerprint density at radius 3 is 2.59 bits per heavy atom. The van der Waals surface area contributed by atoms with E-state index in [1.165, 1.54) is 5.56 Å². The maximum Gasteiger partial charge on any atom is 0.261 e. The van der Waals surface area contributed by atoms with Crippen molar-refractivity contribution in [1.29, 1.82) is 0 Å². The van der Waals surface area contributed by atoms with E-state index in [-0.39, 0.29) is 17.9 Å². The van der Waals surface area contributed by atoms with Gasteiger partial charge < -0.3 is 14.8 Å². The van der Waals surface area contributed by atoms with Crippen molar-refractivity contribution in [3.05, 3.63) is 65.7 Å². The fourth-order valence-corrected chi connectivity index (χ4v) is 3.95. The second-order valence-corrected chi connectivity index (χ2v) is 8.06. The topological polar surface area (TPSA) is 47.6 Å². The summed E-state index contributed by atoms with van der Waals surface area (Å²) in [6.07, 6.45) is 2.25. The van der Waals surface area contributed by atoms with Gasteiger partial charge in [0.05, 0.1) is 6.10 Å². The van der Waals surface area contributed by atoms with Crippen molar-refractivity contribution < 1.29 is 14.3 Å². The van der Waals surface area contributed by atoms with Crippen LogP contribution in [0.15, 0.2) is 54.6 Å². The van der Waals surface area contributed by atoms with Crippen LogP contribution in [0, 0.1) is 5.92 Å². The van der Waals surface area contributed by atoms with Crippen LogP contribution in [0.1, 0.15) is 63.2 Å². The van der Waals surface area contributed by atoms with Gasteiger partial charge in [-0.1, -0.05) is 69.3 Å². The molecule has 2 aromatic rings. The van der Waals surface area contributed by atoms with E-state index in [4.69, 9.17) is 9.47 Å². The van der Waals surface area contributed by atoms with Crippen molar-refractivity contribution in [3.63, 3.8) is 0 Å². The van der Waals surface area contributed by atoms with E-state index in [1.807, 2.05) is 43.3 Å². The number of rotatable bonds is 8. The van der Waals surface area contributed by atoms with E-state index in [9.17, 15) is 4.79 Å². The summed E-state index contributed by atoms with van der Waals surface area (Å²) in [4.78, 5) is 12.9. The van der Waals surface area contributed by atoms with Crippen molar-refractivity contribution in [3.8, 4) is 5.75 Å². The smallest absolute Gasteiger partial charge is 0.261 e. The summed E-state index contributed by atoms with van der Waals surface area (Å²) in [5.41, 5.74) is 2.31. The van der Waals surface area contributed by atoms with Crippen LogP contribution in [-0.2, 0) is 9.53 Å². The molecule has 156 valence electrons. The quantitative estimate of drug-likeness (QED) is 0.664. The number of carbonyl (C=O) groups excluding carboxylic acids is 1. The van der Waals surface area contributed by atoms with Gasteiger partial charge in [0.15, 0.2) is 6.10 Å². The lowest BCUT2D eigenvalue weighted by molar-refractivity contribution is -0.128. The van der Waals surface area contributed by atoms with Crippen LogP contribution in [0.2, 0.25) is 0 Å². The van der Waals surface area contributed by atoms with Crippen molar-refractivity contribution in [1.82, 2.24) is 5.32 Å². The molecule has 4 nitrogen and oxygen atoms in total. The zero-order chi connectivity index (χ0) is 20.6. The van der Waals surface area contributed by atoms with Crippen LogP contribution in [0.5, 0.6) is 5.75 Å². The molecule has 1 heterocycles. The van der Waals surface area contributed by atoms with Gasteiger partial charge in [-0.3, -0.25) is 4.79 Å². The highest BCUT2D eigenvalue weighted by atomic mass is 16.5. The average Bonchev–Trinajstić information content (AvgIpc) is 2.76. The normalized spacial score (nSPS) is 20.3. The summed E-state index contributed by atoms with van der Waals surface area (Å²) in [7, 11) is 0. The molecule has 1 N–H and O–H groups in total. The van der Waals surface area contributed by atoms with E-state index in [0.717, 1.165) is 30.8 Å². The first-order chi connectivity index (χ1) is 14.1. The first-order valence-corrected chi connectivity index (χ1v) is 10.8. The van der Waals surface area contributed by atoms with Gasteiger partial charge in [0.2, 0.25) is 0 Å². The van der Waals surface area contributed by atoms with Crippen LogP contribution >= 0.6 is 0 Å². The van der Waals surface area contributed by atoms with Gasteiger partial charge in [0.25, 0.3) is 5.91 Å². The summed E-state index contributed by atoms with van der Waals surface area (Å²) >= 11 is 0. The number of hydrogen-bond donors (Lipinski definition) is 1. The minimum atomic E-state index is -0.491. The molecule has 3 rings (SSSR count).